The van der Waals surface area contributed by atoms with Gasteiger partial charge < -0.3 is 14.8 Å². The van der Waals surface area contributed by atoms with E-state index in [1.807, 2.05) is 24.3 Å². The molecule has 1 fully saturated rings. The van der Waals surface area contributed by atoms with E-state index in [1.165, 1.54) is 30.6 Å². The smallest absolute Gasteiger partial charge is 0.348 e. The molecule has 0 unspecified atom stereocenters. The zero-order valence-electron chi connectivity index (χ0n) is 21.6. The highest BCUT2D eigenvalue weighted by Crippen LogP contribution is 2.35. The van der Waals surface area contributed by atoms with Crippen LogP contribution in [0.3, 0.4) is 0 Å². The lowest BCUT2D eigenvalue weighted by atomic mass is 9.86. The Hall–Kier alpha value is -3.43. The van der Waals surface area contributed by atoms with Gasteiger partial charge in [0.05, 0.1) is 5.00 Å². The first-order valence-electron chi connectivity index (χ1n) is 12.6. The quantitative estimate of drug-likeness (QED) is 0.327. The second-order valence-corrected chi connectivity index (χ2v) is 11.1. The van der Waals surface area contributed by atoms with Crippen LogP contribution in [0.2, 0.25) is 0 Å². The lowest BCUT2D eigenvalue weighted by Crippen LogP contribution is -2.33. The van der Waals surface area contributed by atoms with E-state index < -0.39 is 6.03 Å². The first kappa shape index (κ1) is 26.6. The lowest BCUT2D eigenvalue weighted by molar-refractivity contribution is 0.0457. The number of piperidine rings is 1. The normalized spacial score (nSPS) is 14.1. The van der Waals surface area contributed by atoms with Crippen molar-refractivity contribution in [1.82, 2.24) is 9.88 Å². The minimum absolute atomic E-state index is 0.123. The summed E-state index contributed by atoms with van der Waals surface area (Å²) >= 11 is 1.17. The number of para-hydroxylation sites is 1. The molecule has 1 saturated heterocycles. The maximum Gasteiger partial charge on any atom is 0.348 e. The Labute approximate surface area is 222 Å². The molecule has 4 rings (SSSR count). The number of carbonyl (C=O) groups excluding carboxylic acids is 2. The second kappa shape index (κ2) is 12.2. The molecule has 9 heteroatoms. The summed E-state index contributed by atoms with van der Waals surface area (Å²) in [6.45, 7) is 9.57. The van der Waals surface area contributed by atoms with Gasteiger partial charge in [0.25, 0.3) is 0 Å². The van der Waals surface area contributed by atoms with Crippen molar-refractivity contribution >= 4 is 34.0 Å². The Morgan fingerprint density at radius 3 is 2.57 bits per heavy atom. The van der Waals surface area contributed by atoms with Crippen LogP contribution in [0.5, 0.6) is 11.6 Å². The molecule has 2 amide bonds. The third-order valence-corrected chi connectivity index (χ3v) is 7.04. The summed E-state index contributed by atoms with van der Waals surface area (Å²) in [7, 11) is 0. The van der Waals surface area contributed by atoms with Crippen LogP contribution >= 0.6 is 11.3 Å². The van der Waals surface area contributed by atoms with Gasteiger partial charge in [-0.1, -0.05) is 45.4 Å². The number of thiophene rings is 1. The van der Waals surface area contributed by atoms with Gasteiger partial charge in [-0.05, 0) is 61.7 Å². The van der Waals surface area contributed by atoms with Gasteiger partial charge in [0.2, 0.25) is 5.88 Å². The highest BCUT2D eigenvalue weighted by atomic mass is 32.1. The predicted molar refractivity (Wildman–Crippen MR) is 147 cm³/mol. The monoisotopic (exact) mass is 522 g/mol. The minimum Gasteiger partial charge on any atom is -0.460 e. The molecular weight excluding hydrogens is 488 g/mol. The predicted octanol–water partition coefficient (Wildman–Crippen LogP) is 6.52. The molecule has 1 aliphatic heterocycles. The highest BCUT2D eigenvalue weighted by Gasteiger charge is 2.20. The van der Waals surface area contributed by atoms with Crippen molar-refractivity contribution in [3.8, 4) is 11.6 Å². The number of nitrogens with zero attached hydrogens (tertiary/aromatic N) is 2. The van der Waals surface area contributed by atoms with E-state index in [-0.39, 0.29) is 11.4 Å². The standard InChI is InChI=1S/C28H34N4O4S/c1-28(2,3)20-10-5-6-12-22(20)36-25-21(11-9-15-29-25)30-27(34)31-24-14-13-23(37-24)26(33)35-19-18-32-16-7-4-8-17-32/h5-6,9-15H,4,7-8,16-19H2,1-3H3,(H2,30,31,34). The summed E-state index contributed by atoms with van der Waals surface area (Å²) in [6, 6.07) is 14.1. The van der Waals surface area contributed by atoms with E-state index in [9.17, 15) is 9.59 Å². The number of rotatable bonds is 8. The number of benzene rings is 1. The number of urea groups is 1. The van der Waals surface area contributed by atoms with Gasteiger partial charge in [0.15, 0.2) is 0 Å². The number of amides is 2. The maximum absolute atomic E-state index is 12.7. The van der Waals surface area contributed by atoms with Crippen LogP contribution in [0.4, 0.5) is 15.5 Å². The van der Waals surface area contributed by atoms with E-state index in [2.05, 4.69) is 41.3 Å². The van der Waals surface area contributed by atoms with Crippen LogP contribution < -0.4 is 15.4 Å². The van der Waals surface area contributed by atoms with Crippen LogP contribution in [0.15, 0.2) is 54.7 Å². The van der Waals surface area contributed by atoms with Crippen molar-refractivity contribution in [2.24, 2.45) is 0 Å². The molecule has 8 nitrogen and oxygen atoms in total. The molecule has 0 aliphatic carbocycles. The van der Waals surface area contributed by atoms with Gasteiger partial charge in [-0.3, -0.25) is 10.2 Å². The van der Waals surface area contributed by atoms with Crippen LogP contribution in [-0.2, 0) is 10.2 Å². The van der Waals surface area contributed by atoms with Crippen molar-refractivity contribution in [2.45, 2.75) is 45.4 Å². The maximum atomic E-state index is 12.7. The number of pyridine rings is 1. The molecule has 3 aromatic rings. The average Bonchev–Trinajstić information content (AvgIpc) is 3.34. The molecule has 0 saturated carbocycles. The number of ether oxygens (including phenoxy) is 2. The van der Waals surface area contributed by atoms with E-state index in [1.54, 1.807) is 30.5 Å². The summed E-state index contributed by atoms with van der Waals surface area (Å²) in [6.07, 6.45) is 5.29. The summed E-state index contributed by atoms with van der Waals surface area (Å²) in [5, 5.41) is 6.10. The first-order chi connectivity index (χ1) is 17.8. The van der Waals surface area contributed by atoms with Crippen molar-refractivity contribution < 1.29 is 19.1 Å². The lowest BCUT2D eigenvalue weighted by Gasteiger charge is -2.25. The largest absolute Gasteiger partial charge is 0.460 e. The highest BCUT2D eigenvalue weighted by molar-refractivity contribution is 7.18. The second-order valence-electron chi connectivity index (χ2n) is 9.99. The molecule has 1 aliphatic rings. The van der Waals surface area contributed by atoms with Gasteiger partial charge in [-0.2, -0.15) is 0 Å². The number of esters is 1. The summed E-state index contributed by atoms with van der Waals surface area (Å²) in [5.74, 6) is 0.591. The molecule has 0 radical (unpaired) electrons. The van der Waals surface area contributed by atoms with E-state index in [4.69, 9.17) is 9.47 Å². The fraction of sp³-hybridized carbons (Fsp3) is 0.393. The van der Waals surface area contributed by atoms with Gasteiger partial charge in [0.1, 0.15) is 22.9 Å². The Morgan fingerprint density at radius 1 is 1.00 bits per heavy atom. The van der Waals surface area contributed by atoms with Crippen molar-refractivity contribution in [1.29, 1.82) is 0 Å². The SMILES string of the molecule is CC(C)(C)c1ccccc1Oc1ncccc1NC(=O)Nc1ccc(C(=O)OCCN2CCCCC2)s1. The van der Waals surface area contributed by atoms with Crippen molar-refractivity contribution in [2.75, 3.05) is 36.9 Å². The van der Waals surface area contributed by atoms with Gasteiger partial charge in [-0.25, -0.2) is 14.6 Å². The molecule has 196 valence electrons. The van der Waals surface area contributed by atoms with Crippen LogP contribution in [-0.4, -0.2) is 48.1 Å². The van der Waals surface area contributed by atoms with E-state index >= 15 is 0 Å². The fourth-order valence-electron chi connectivity index (χ4n) is 4.15. The molecule has 3 heterocycles. The van der Waals surface area contributed by atoms with Gasteiger partial charge in [0, 0.05) is 18.3 Å². The molecule has 0 spiro atoms. The summed E-state index contributed by atoms with van der Waals surface area (Å²) in [5.41, 5.74) is 1.34. The van der Waals surface area contributed by atoms with E-state index in [0.717, 1.165) is 25.2 Å². The number of nitrogens with one attached hydrogen (secondary N) is 2. The Morgan fingerprint density at radius 2 is 1.78 bits per heavy atom. The molecule has 2 N–H and O–H groups in total. The molecule has 37 heavy (non-hydrogen) atoms. The van der Waals surface area contributed by atoms with Gasteiger partial charge >= 0.3 is 12.0 Å². The Bertz CT molecular complexity index is 1210. The number of hydrogen-bond acceptors (Lipinski definition) is 7. The zero-order chi connectivity index (χ0) is 26.3. The Kier molecular flexibility index (Phi) is 8.78. The van der Waals surface area contributed by atoms with Crippen molar-refractivity contribution in [3.63, 3.8) is 0 Å². The Balaban J connectivity index is 1.33. The summed E-state index contributed by atoms with van der Waals surface area (Å²) < 4.78 is 11.5. The number of aromatic nitrogens is 1. The molecule has 2 aromatic heterocycles. The fourth-order valence-corrected chi connectivity index (χ4v) is 4.94. The van der Waals surface area contributed by atoms with Gasteiger partial charge in [-0.15, -0.1) is 11.3 Å². The van der Waals surface area contributed by atoms with Crippen LogP contribution in [0, 0.1) is 0 Å². The average molecular weight is 523 g/mol. The first-order valence-corrected chi connectivity index (χ1v) is 13.4. The minimum atomic E-state index is -0.464. The molecule has 0 atom stereocenters. The summed E-state index contributed by atoms with van der Waals surface area (Å²) in [4.78, 5) is 32.2. The molecule has 0 bridgehead atoms. The third kappa shape index (κ3) is 7.53. The molecule has 1 aromatic carbocycles. The molecular formula is C28H34N4O4S. The zero-order valence-corrected chi connectivity index (χ0v) is 22.4. The third-order valence-electron chi connectivity index (χ3n) is 6.05. The topological polar surface area (TPSA) is 92.8 Å². The number of carbonyl (C=O) groups is 2. The van der Waals surface area contributed by atoms with Crippen LogP contribution in [0.1, 0.15) is 55.3 Å². The van der Waals surface area contributed by atoms with Crippen LogP contribution in [0.25, 0.3) is 0 Å². The number of hydrogen-bond donors (Lipinski definition) is 2. The van der Waals surface area contributed by atoms with E-state index in [0.29, 0.717) is 33.8 Å². The number of likely N-dealkylation sites (tertiary alicyclic amines) is 1. The number of anilines is 2. The van der Waals surface area contributed by atoms with Crippen molar-refractivity contribution in [3.05, 3.63) is 65.2 Å².